The van der Waals surface area contributed by atoms with Crippen LogP contribution in [0.15, 0.2) is 71.6 Å². The lowest BCUT2D eigenvalue weighted by atomic mass is 9.94. The van der Waals surface area contributed by atoms with E-state index in [2.05, 4.69) is 6.58 Å². The molecule has 4 aromatic heterocycles. The summed E-state index contributed by atoms with van der Waals surface area (Å²) in [6, 6.07) is 9.03. The van der Waals surface area contributed by atoms with E-state index in [4.69, 9.17) is 14.7 Å². The van der Waals surface area contributed by atoms with E-state index in [1.54, 1.807) is 44.3 Å². The number of rotatable bonds is 6. The fourth-order valence-electron chi connectivity index (χ4n) is 5.43. The van der Waals surface area contributed by atoms with Gasteiger partial charge in [-0.15, -0.1) is 11.3 Å². The second kappa shape index (κ2) is 11.2. The van der Waals surface area contributed by atoms with Crippen molar-refractivity contribution in [1.82, 2.24) is 19.4 Å². The number of aromatic nitrogens is 3. The molecular formula is C33H28F2N4O3S. The number of hydrogen-bond donors (Lipinski definition) is 0. The van der Waals surface area contributed by atoms with Crippen molar-refractivity contribution in [2.24, 2.45) is 7.05 Å². The number of nitrogens with zero attached hydrogens (tertiary/aromatic N) is 4. The molecule has 1 aliphatic heterocycles. The molecule has 0 aliphatic carbocycles. The zero-order chi connectivity index (χ0) is 30.4. The molecule has 43 heavy (non-hydrogen) atoms. The van der Waals surface area contributed by atoms with Gasteiger partial charge in [0.2, 0.25) is 11.5 Å². The SMILES string of the molecule is C=CC(=O)N1CCc2ncc(-c3nc(-c4ccc(=O)n(C)c4)c4ccsc4c3-c3c(F)cc(F)cc3OC(C)C)cc2C1. The maximum Gasteiger partial charge on any atom is 0.250 e. The number of pyridine rings is 3. The Morgan fingerprint density at radius 1 is 1.12 bits per heavy atom. The highest BCUT2D eigenvalue weighted by Crippen LogP contribution is 2.47. The van der Waals surface area contributed by atoms with Crippen LogP contribution in [0.25, 0.3) is 43.7 Å². The summed E-state index contributed by atoms with van der Waals surface area (Å²) < 4.78 is 38.6. The zero-order valence-corrected chi connectivity index (χ0v) is 24.7. The number of aryl methyl sites for hydroxylation is 1. The average molecular weight is 599 g/mol. The Labute approximate surface area is 250 Å². The normalized spacial score (nSPS) is 12.9. The van der Waals surface area contributed by atoms with Crippen molar-refractivity contribution in [3.63, 3.8) is 0 Å². The topological polar surface area (TPSA) is 77.3 Å². The van der Waals surface area contributed by atoms with Gasteiger partial charge in [0.1, 0.15) is 17.4 Å². The van der Waals surface area contributed by atoms with E-state index in [0.717, 1.165) is 22.7 Å². The van der Waals surface area contributed by atoms with Crippen molar-refractivity contribution in [2.75, 3.05) is 6.54 Å². The summed E-state index contributed by atoms with van der Waals surface area (Å²) in [5.41, 5.74) is 4.41. The zero-order valence-electron chi connectivity index (χ0n) is 23.9. The summed E-state index contributed by atoms with van der Waals surface area (Å²) in [6.07, 6.45) is 4.94. The van der Waals surface area contributed by atoms with E-state index >= 15 is 4.39 Å². The van der Waals surface area contributed by atoms with Crippen LogP contribution in [0.4, 0.5) is 8.78 Å². The van der Waals surface area contributed by atoms with Crippen LogP contribution in [0, 0.1) is 11.6 Å². The lowest BCUT2D eigenvalue weighted by Crippen LogP contribution is -2.35. The van der Waals surface area contributed by atoms with Gasteiger partial charge >= 0.3 is 0 Å². The van der Waals surface area contributed by atoms with Gasteiger partial charge < -0.3 is 14.2 Å². The maximum absolute atomic E-state index is 15.9. The van der Waals surface area contributed by atoms with Crippen LogP contribution in [-0.4, -0.2) is 38.0 Å². The number of amides is 1. The number of benzene rings is 1. The van der Waals surface area contributed by atoms with Crippen molar-refractivity contribution in [3.8, 4) is 39.4 Å². The molecule has 5 aromatic rings. The smallest absolute Gasteiger partial charge is 0.250 e. The third-order valence-electron chi connectivity index (χ3n) is 7.40. The molecule has 1 aromatic carbocycles. The van der Waals surface area contributed by atoms with Gasteiger partial charge in [-0.1, -0.05) is 6.58 Å². The molecule has 10 heteroatoms. The Balaban J connectivity index is 1.67. The number of ether oxygens (including phenoxy) is 1. The molecule has 5 heterocycles. The summed E-state index contributed by atoms with van der Waals surface area (Å²) in [4.78, 5) is 36.1. The van der Waals surface area contributed by atoms with Crippen LogP contribution >= 0.6 is 11.3 Å². The Morgan fingerprint density at radius 2 is 1.93 bits per heavy atom. The fraction of sp³-hybridized carbons (Fsp3) is 0.212. The highest BCUT2D eigenvalue weighted by atomic mass is 32.1. The van der Waals surface area contributed by atoms with Crippen LogP contribution in [0.5, 0.6) is 5.75 Å². The Kier molecular flexibility index (Phi) is 7.39. The summed E-state index contributed by atoms with van der Waals surface area (Å²) >= 11 is 1.40. The van der Waals surface area contributed by atoms with Gasteiger partial charge in [0.05, 0.1) is 23.1 Å². The third kappa shape index (κ3) is 5.23. The highest BCUT2D eigenvalue weighted by molar-refractivity contribution is 7.18. The number of carbonyl (C=O) groups excluding carboxylic acids is 1. The number of fused-ring (bicyclic) bond motifs is 2. The maximum atomic E-state index is 15.9. The van der Waals surface area contributed by atoms with E-state index in [9.17, 15) is 14.0 Å². The molecule has 0 saturated carbocycles. The van der Waals surface area contributed by atoms with Gasteiger partial charge in [-0.3, -0.25) is 14.6 Å². The molecule has 0 saturated heterocycles. The number of thiophene rings is 1. The summed E-state index contributed by atoms with van der Waals surface area (Å²) in [5, 5.41) is 2.63. The molecule has 0 atom stereocenters. The Morgan fingerprint density at radius 3 is 2.67 bits per heavy atom. The first-order valence-corrected chi connectivity index (χ1v) is 14.7. The van der Waals surface area contributed by atoms with Gasteiger partial charge in [0, 0.05) is 89.6 Å². The molecule has 7 nitrogen and oxygen atoms in total. The van der Waals surface area contributed by atoms with Crippen molar-refractivity contribution in [2.45, 2.75) is 32.9 Å². The summed E-state index contributed by atoms with van der Waals surface area (Å²) in [6.45, 7) is 8.06. The molecule has 0 unspecified atom stereocenters. The van der Waals surface area contributed by atoms with Crippen LogP contribution in [0.3, 0.4) is 0 Å². The first kappa shape index (κ1) is 28.4. The van der Waals surface area contributed by atoms with Gasteiger partial charge in [-0.2, -0.15) is 0 Å². The predicted molar refractivity (Wildman–Crippen MR) is 164 cm³/mol. The average Bonchev–Trinajstić information content (AvgIpc) is 3.47. The summed E-state index contributed by atoms with van der Waals surface area (Å²) in [5.74, 6) is -1.64. The van der Waals surface area contributed by atoms with Crippen LogP contribution in [-0.2, 0) is 24.8 Å². The third-order valence-corrected chi connectivity index (χ3v) is 8.33. The highest BCUT2D eigenvalue weighted by Gasteiger charge is 2.27. The first-order valence-electron chi connectivity index (χ1n) is 13.8. The first-order chi connectivity index (χ1) is 20.6. The van der Waals surface area contributed by atoms with E-state index in [1.807, 2.05) is 17.5 Å². The molecule has 0 fully saturated rings. The molecule has 1 amide bonds. The molecule has 6 rings (SSSR count). The monoisotopic (exact) mass is 598 g/mol. The fourth-order valence-corrected chi connectivity index (χ4v) is 6.38. The van der Waals surface area contributed by atoms with Crippen molar-refractivity contribution in [1.29, 1.82) is 0 Å². The van der Waals surface area contributed by atoms with Crippen LogP contribution < -0.4 is 10.3 Å². The van der Waals surface area contributed by atoms with Gasteiger partial charge in [0.25, 0.3) is 0 Å². The lowest BCUT2D eigenvalue weighted by molar-refractivity contribution is -0.126. The quantitative estimate of drug-likeness (QED) is 0.208. The predicted octanol–water partition coefficient (Wildman–Crippen LogP) is 6.53. The lowest BCUT2D eigenvalue weighted by Gasteiger charge is -2.27. The van der Waals surface area contributed by atoms with E-state index in [-0.39, 0.29) is 28.9 Å². The van der Waals surface area contributed by atoms with Crippen LogP contribution in [0.1, 0.15) is 25.1 Å². The minimum Gasteiger partial charge on any atom is -0.490 e. The Hall–Kier alpha value is -4.70. The number of carbonyl (C=O) groups is 1. The van der Waals surface area contributed by atoms with Crippen LogP contribution in [0.2, 0.25) is 0 Å². The molecule has 218 valence electrons. The minimum atomic E-state index is -0.781. The standard InChI is InChI=1S/C33H28F2N4O3S/c1-5-27(40)39-10-8-25-21(17-39)12-20(15-36-25)32-30(29-24(35)13-22(34)14-26(29)42-18(2)3)33-23(9-11-43-33)31(37-32)19-6-7-28(41)38(4)16-19/h5-7,9,11-16,18H,1,8,10,17H2,2-4H3. The van der Waals surface area contributed by atoms with Crippen molar-refractivity contribution >= 4 is 27.3 Å². The Bertz CT molecular complexity index is 1980. The molecule has 0 N–H and O–H groups in total. The molecule has 0 radical (unpaired) electrons. The molecule has 0 spiro atoms. The molecular weight excluding hydrogens is 570 g/mol. The molecule has 1 aliphatic rings. The molecule has 0 bridgehead atoms. The van der Waals surface area contributed by atoms with Gasteiger partial charge in [-0.05, 0) is 49.1 Å². The number of halogens is 2. The second-order valence-corrected chi connectivity index (χ2v) is 11.6. The van der Waals surface area contributed by atoms with E-state index in [1.165, 1.54) is 34.1 Å². The van der Waals surface area contributed by atoms with E-state index < -0.39 is 11.6 Å². The second-order valence-electron chi connectivity index (χ2n) is 10.7. The van der Waals surface area contributed by atoms with Crippen molar-refractivity contribution < 1.29 is 18.3 Å². The van der Waals surface area contributed by atoms with E-state index in [0.29, 0.717) is 52.3 Å². The number of hydrogen-bond acceptors (Lipinski definition) is 6. The van der Waals surface area contributed by atoms with Gasteiger partial charge in [-0.25, -0.2) is 13.8 Å². The van der Waals surface area contributed by atoms with Gasteiger partial charge in [0.15, 0.2) is 0 Å². The largest absolute Gasteiger partial charge is 0.490 e. The minimum absolute atomic E-state index is 0.0637. The summed E-state index contributed by atoms with van der Waals surface area (Å²) in [7, 11) is 1.67. The van der Waals surface area contributed by atoms with Crippen molar-refractivity contribution in [3.05, 3.63) is 100 Å².